The summed E-state index contributed by atoms with van der Waals surface area (Å²) >= 11 is 0. The van der Waals surface area contributed by atoms with Crippen molar-refractivity contribution >= 4 is 17.3 Å². The zero-order valence-electron chi connectivity index (χ0n) is 12.2. The normalized spacial score (nSPS) is 11.8. The number of halogens is 1. The summed E-state index contributed by atoms with van der Waals surface area (Å²) in [5.41, 5.74) is 2.17. The van der Waals surface area contributed by atoms with Gasteiger partial charge in [-0.15, -0.1) is 0 Å². The third-order valence-corrected chi connectivity index (χ3v) is 3.22. The quantitative estimate of drug-likeness (QED) is 0.858. The van der Waals surface area contributed by atoms with E-state index in [0.717, 1.165) is 11.4 Å². The van der Waals surface area contributed by atoms with E-state index in [1.165, 1.54) is 6.07 Å². The lowest BCUT2D eigenvalue weighted by Crippen LogP contribution is -2.11. The molecule has 2 rings (SSSR count). The van der Waals surface area contributed by atoms with Gasteiger partial charge in [0.25, 0.3) is 0 Å². The number of rotatable bonds is 5. The number of benzene rings is 2. The van der Waals surface area contributed by atoms with Gasteiger partial charge in [0.15, 0.2) is 0 Å². The summed E-state index contributed by atoms with van der Waals surface area (Å²) in [6, 6.07) is 13.9. The van der Waals surface area contributed by atoms with Crippen molar-refractivity contribution in [3.8, 4) is 0 Å². The van der Waals surface area contributed by atoms with Gasteiger partial charge in [-0.25, -0.2) is 4.39 Å². The molecule has 0 saturated heterocycles. The van der Waals surface area contributed by atoms with Crippen molar-refractivity contribution in [2.45, 2.75) is 26.3 Å². The summed E-state index contributed by atoms with van der Waals surface area (Å²) in [4.78, 5) is 11.4. The Kier molecular flexibility index (Phi) is 4.93. The highest BCUT2D eigenvalue weighted by atomic mass is 19.1. The second kappa shape index (κ2) is 6.88. The van der Waals surface area contributed by atoms with Crippen LogP contribution in [0.1, 0.15) is 31.9 Å². The lowest BCUT2D eigenvalue weighted by molar-refractivity contribution is -0.115. The van der Waals surface area contributed by atoms with Crippen molar-refractivity contribution in [3.63, 3.8) is 0 Å². The molecular formula is C17H19FN2O. The summed E-state index contributed by atoms with van der Waals surface area (Å²) in [7, 11) is 0. The van der Waals surface area contributed by atoms with Crippen LogP contribution < -0.4 is 10.6 Å². The van der Waals surface area contributed by atoms with Gasteiger partial charge < -0.3 is 10.6 Å². The van der Waals surface area contributed by atoms with E-state index in [4.69, 9.17) is 0 Å². The molecule has 4 heteroatoms. The Labute approximate surface area is 124 Å². The third-order valence-electron chi connectivity index (χ3n) is 3.22. The van der Waals surface area contributed by atoms with Gasteiger partial charge in [0.05, 0.1) is 6.04 Å². The largest absolute Gasteiger partial charge is 0.378 e. The number of anilines is 2. The average molecular weight is 286 g/mol. The van der Waals surface area contributed by atoms with Crippen LogP contribution in [0.15, 0.2) is 48.5 Å². The van der Waals surface area contributed by atoms with E-state index in [2.05, 4.69) is 10.6 Å². The molecule has 2 aromatic carbocycles. The lowest BCUT2D eigenvalue weighted by atomic mass is 10.1. The molecule has 0 saturated carbocycles. The van der Waals surface area contributed by atoms with Crippen LogP contribution in [0, 0.1) is 5.82 Å². The van der Waals surface area contributed by atoms with Crippen LogP contribution in [0.2, 0.25) is 0 Å². The fourth-order valence-corrected chi connectivity index (χ4v) is 2.09. The van der Waals surface area contributed by atoms with E-state index in [9.17, 15) is 9.18 Å². The van der Waals surface area contributed by atoms with Crippen LogP contribution in [-0.2, 0) is 4.79 Å². The molecule has 1 amide bonds. The summed E-state index contributed by atoms with van der Waals surface area (Å²) < 4.78 is 13.7. The Morgan fingerprint density at radius 2 is 1.86 bits per heavy atom. The molecule has 0 fully saturated rings. The van der Waals surface area contributed by atoms with E-state index in [1.807, 2.05) is 37.3 Å². The molecule has 0 aliphatic rings. The van der Waals surface area contributed by atoms with E-state index < -0.39 is 0 Å². The predicted molar refractivity (Wildman–Crippen MR) is 83.8 cm³/mol. The monoisotopic (exact) mass is 286 g/mol. The average Bonchev–Trinajstić information content (AvgIpc) is 2.47. The Bertz CT molecular complexity index is 628. The van der Waals surface area contributed by atoms with Crippen LogP contribution in [0.3, 0.4) is 0 Å². The first kappa shape index (κ1) is 15.0. The minimum atomic E-state index is -0.229. The molecule has 0 spiro atoms. The number of hydrogen-bond acceptors (Lipinski definition) is 2. The number of carbonyl (C=O) groups excluding carboxylic acids is 1. The fraction of sp³-hybridized carbons (Fsp3) is 0.235. The summed E-state index contributed by atoms with van der Waals surface area (Å²) in [6.45, 7) is 3.70. The molecule has 0 aromatic heterocycles. The van der Waals surface area contributed by atoms with E-state index in [0.29, 0.717) is 12.0 Å². The van der Waals surface area contributed by atoms with Gasteiger partial charge in [-0.1, -0.05) is 31.2 Å². The van der Waals surface area contributed by atoms with Gasteiger partial charge >= 0.3 is 0 Å². The second-order valence-corrected chi connectivity index (χ2v) is 4.87. The molecule has 1 unspecified atom stereocenters. The SMILES string of the molecule is CCC(=O)Nc1cccc(NC(C)c2ccccc2F)c1. The highest BCUT2D eigenvalue weighted by molar-refractivity contribution is 5.90. The number of hydrogen-bond donors (Lipinski definition) is 2. The maximum Gasteiger partial charge on any atom is 0.224 e. The molecule has 110 valence electrons. The summed E-state index contributed by atoms with van der Waals surface area (Å²) in [6.07, 6.45) is 0.434. The minimum Gasteiger partial charge on any atom is -0.378 e. The third kappa shape index (κ3) is 4.05. The van der Waals surface area contributed by atoms with Crippen molar-refractivity contribution in [1.82, 2.24) is 0 Å². The zero-order valence-corrected chi connectivity index (χ0v) is 12.2. The van der Waals surface area contributed by atoms with Crippen molar-refractivity contribution < 1.29 is 9.18 Å². The number of amides is 1. The Hall–Kier alpha value is -2.36. The fourth-order valence-electron chi connectivity index (χ4n) is 2.09. The van der Waals surface area contributed by atoms with Crippen molar-refractivity contribution in [2.75, 3.05) is 10.6 Å². The second-order valence-electron chi connectivity index (χ2n) is 4.87. The van der Waals surface area contributed by atoms with E-state index in [-0.39, 0.29) is 17.8 Å². The number of nitrogens with one attached hydrogen (secondary N) is 2. The van der Waals surface area contributed by atoms with Gasteiger partial charge in [0.2, 0.25) is 5.91 Å². The maximum absolute atomic E-state index is 13.7. The highest BCUT2D eigenvalue weighted by Crippen LogP contribution is 2.23. The molecule has 0 radical (unpaired) electrons. The molecule has 21 heavy (non-hydrogen) atoms. The summed E-state index contributed by atoms with van der Waals surface area (Å²) in [5, 5.41) is 6.04. The van der Waals surface area contributed by atoms with E-state index >= 15 is 0 Å². The van der Waals surface area contributed by atoms with Crippen LogP contribution in [-0.4, -0.2) is 5.91 Å². The topological polar surface area (TPSA) is 41.1 Å². The minimum absolute atomic E-state index is 0.0331. The molecule has 1 atom stereocenters. The van der Waals surface area contributed by atoms with Gasteiger partial charge in [0.1, 0.15) is 5.82 Å². The highest BCUT2D eigenvalue weighted by Gasteiger charge is 2.10. The standard InChI is InChI=1S/C17H19FN2O/c1-3-17(21)20-14-8-6-7-13(11-14)19-12(2)15-9-4-5-10-16(15)18/h4-12,19H,3H2,1-2H3,(H,20,21). The molecule has 3 nitrogen and oxygen atoms in total. The molecule has 0 heterocycles. The molecule has 0 bridgehead atoms. The lowest BCUT2D eigenvalue weighted by Gasteiger charge is -2.17. The van der Waals surface area contributed by atoms with Crippen LogP contribution in [0.5, 0.6) is 0 Å². The Morgan fingerprint density at radius 1 is 1.14 bits per heavy atom. The van der Waals surface area contributed by atoms with Crippen molar-refractivity contribution in [2.24, 2.45) is 0 Å². The first-order valence-corrected chi connectivity index (χ1v) is 7.01. The van der Waals surface area contributed by atoms with Gasteiger partial charge in [0, 0.05) is 23.4 Å². The Balaban J connectivity index is 2.11. The Morgan fingerprint density at radius 3 is 2.57 bits per heavy atom. The first-order chi connectivity index (χ1) is 10.1. The van der Waals surface area contributed by atoms with Gasteiger partial charge in [-0.2, -0.15) is 0 Å². The predicted octanol–water partition coefficient (Wildman–Crippen LogP) is 4.35. The first-order valence-electron chi connectivity index (χ1n) is 7.01. The van der Waals surface area contributed by atoms with Crippen molar-refractivity contribution in [3.05, 3.63) is 59.9 Å². The molecule has 2 aromatic rings. The van der Waals surface area contributed by atoms with Gasteiger partial charge in [-0.05, 0) is 31.2 Å². The molecule has 2 N–H and O–H groups in total. The smallest absolute Gasteiger partial charge is 0.224 e. The van der Waals surface area contributed by atoms with E-state index in [1.54, 1.807) is 19.1 Å². The summed E-state index contributed by atoms with van der Waals surface area (Å²) in [5.74, 6) is -0.262. The molecule has 0 aliphatic carbocycles. The van der Waals surface area contributed by atoms with Crippen molar-refractivity contribution in [1.29, 1.82) is 0 Å². The van der Waals surface area contributed by atoms with Crippen LogP contribution in [0.4, 0.5) is 15.8 Å². The molecule has 0 aliphatic heterocycles. The molecular weight excluding hydrogens is 267 g/mol. The van der Waals surface area contributed by atoms with Crippen LogP contribution >= 0.6 is 0 Å². The zero-order chi connectivity index (χ0) is 15.2. The van der Waals surface area contributed by atoms with Crippen LogP contribution in [0.25, 0.3) is 0 Å². The maximum atomic E-state index is 13.7. The number of carbonyl (C=O) groups is 1. The van der Waals surface area contributed by atoms with Gasteiger partial charge in [-0.3, -0.25) is 4.79 Å².